The molecule has 102 valence electrons. The van der Waals surface area contributed by atoms with E-state index < -0.39 is 11.7 Å². The van der Waals surface area contributed by atoms with Crippen LogP contribution in [0, 0.1) is 0 Å². The van der Waals surface area contributed by atoms with Crippen LogP contribution in [0.2, 0.25) is 0 Å². The highest BCUT2D eigenvalue weighted by Crippen LogP contribution is 2.32. The topological polar surface area (TPSA) is 43.6 Å². The van der Waals surface area contributed by atoms with Crippen molar-refractivity contribution in [2.45, 2.75) is 12.7 Å². The summed E-state index contributed by atoms with van der Waals surface area (Å²) in [5, 5.41) is 7.75. The molecule has 1 aromatic carbocycles. The molecule has 0 unspecified atom stereocenters. The lowest BCUT2D eigenvalue weighted by Crippen LogP contribution is -2.12. The standard InChI is InChI=1S/C13H9F3N4/c14-13(15,16)10-4-2-1-3-9(10)8-20-12-5-6-17-7-11(12)18-19-20/h1-7H,8H2. The van der Waals surface area contributed by atoms with Crippen LogP contribution in [0.15, 0.2) is 42.7 Å². The van der Waals surface area contributed by atoms with Crippen LogP contribution >= 0.6 is 0 Å². The SMILES string of the molecule is FC(F)(F)c1ccccc1Cn1nnc2cnccc21. The summed E-state index contributed by atoms with van der Waals surface area (Å²) in [5.41, 5.74) is 0.704. The summed E-state index contributed by atoms with van der Waals surface area (Å²) in [6.07, 6.45) is -1.30. The van der Waals surface area contributed by atoms with Crippen molar-refractivity contribution in [3.63, 3.8) is 0 Å². The van der Waals surface area contributed by atoms with Gasteiger partial charge in [0.15, 0.2) is 0 Å². The number of pyridine rings is 1. The molecule has 0 bridgehead atoms. The van der Waals surface area contributed by atoms with E-state index in [1.807, 2.05) is 0 Å². The highest BCUT2D eigenvalue weighted by molar-refractivity contribution is 5.72. The Morgan fingerprint density at radius 2 is 1.90 bits per heavy atom. The molecule has 0 spiro atoms. The van der Waals surface area contributed by atoms with Crippen LogP contribution in [0.3, 0.4) is 0 Å². The Morgan fingerprint density at radius 1 is 1.10 bits per heavy atom. The Hall–Kier alpha value is -2.44. The van der Waals surface area contributed by atoms with Gasteiger partial charge in [0.2, 0.25) is 0 Å². The third kappa shape index (κ3) is 2.22. The lowest BCUT2D eigenvalue weighted by atomic mass is 10.1. The fourth-order valence-electron chi connectivity index (χ4n) is 2.04. The predicted octanol–water partition coefficient (Wildman–Crippen LogP) is 2.89. The average Bonchev–Trinajstić information content (AvgIpc) is 2.82. The minimum Gasteiger partial charge on any atom is -0.262 e. The first-order valence-electron chi connectivity index (χ1n) is 5.84. The van der Waals surface area contributed by atoms with Gasteiger partial charge in [0, 0.05) is 6.20 Å². The van der Waals surface area contributed by atoms with E-state index >= 15 is 0 Å². The summed E-state index contributed by atoms with van der Waals surface area (Å²) in [6, 6.07) is 7.13. The maximum Gasteiger partial charge on any atom is 0.416 e. The van der Waals surface area contributed by atoms with E-state index in [1.54, 1.807) is 18.3 Å². The second-order valence-corrected chi connectivity index (χ2v) is 4.27. The van der Waals surface area contributed by atoms with Gasteiger partial charge in [-0.3, -0.25) is 4.98 Å². The number of benzene rings is 1. The molecular weight excluding hydrogens is 269 g/mol. The van der Waals surface area contributed by atoms with E-state index in [9.17, 15) is 13.2 Å². The number of hydrogen-bond donors (Lipinski definition) is 0. The summed E-state index contributed by atoms with van der Waals surface area (Å²) in [5.74, 6) is 0. The van der Waals surface area contributed by atoms with Gasteiger partial charge in [-0.2, -0.15) is 13.2 Å². The Morgan fingerprint density at radius 3 is 2.70 bits per heavy atom. The van der Waals surface area contributed by atoms with Crippen LogP contribution in [0.1, 0.15) is 11.1 Å². The normalized spacial score (nSPS) is 11.9. The van der Waals surface area contributed by atoms with Crippen molar-refractivity contribution >= 4 is 11.0 Å². The molecule has 0 N–H and O–H groups in total. The molecule has 0 aliphatic rings. The molecule has 0 aliphatic carbocycles. The quantitative estimate of drug-likeness (QED) is 0.724. The number of rotatable bonds is 2. The Bertz CT molecular complexity index is 748. The molecular formula is C13H9F3N4. The van der Waals surface area contributed by atoms with Gasteiger partial charge in [0.1, 0.15) is 5.52 Å². The summed E-state index contributed by atoms with van der Waals surface area (Å²) in [4.78, 5) is 3.89. The number of aromatic nitrogens is 4. The van der Waals surface area contributed by atoms with Crippen molar-refractivity contribution in [3.05, 3.63) is 53.9 Å². The van der Waals surface area contributed by atoms with E-state index in [4.69, 9.17) is 0 Å². The van der Waals surface area contributed by atoms with Crippen LogP contribution in [0.5, 0.6) is 0 Å². The summed E-state index contributed by atoms with van der Waals surface area (Å²) in [6.45, 7) is 0.0101. The molecule has 0 saturated heterocycles. The van der Waals surface area contributed by atoms with Crippen LogP contribution in [-0.2, 0) is 12.7 Å². The number of hydrogen-bond acceptors (Lipinski definition) is 3. The van der Waals surface area contributed by atoms with Crippen molar-refractivity contribution in [2.75, 3.05) is 0 Å². The molecule has 2 aromatic heterocycles. The molecule has 0 radical (unpaired) electrons. The van der Waals surface area contributed by atoms with Gasteiger partial charge in [-0.1, -0.05) is 23.4 Å². The van der Waals surface area contributed by atoms with Crippen molar-refractivity contribution in [1.29, 1.82) is 0 Å². The smallest absolute Gasteiger partial charge is 0.262 e. The van der Waals surface area contributed by atoms with Gasteiger partial charge in [0.05, 0.1) is 23.8 Å². The molecule has 0 atom stereocenters. The molecule has 3 rings (SSSR count). The van der Waals surface area contributed by atoms with Gasteiger partial charge >= 0.3 is 6.18 Å². The van der Waals surface area contributed by atoms with Crippen molar-refractivity contribution < 1.29 is 13.2 Å². The lowest BCUT2D eigenvalue weighted by Gasteiger charge is -2.12. The summed E-state index contributed by atoms with van der Waals surface area (Å²) < 4.78 is 40.2. The zero-order valence-corrected chi connectivity index (χ0v) is 10.2. The van der Waals surface area contributed by atoms with E-state index in [1.165, 1.54) is 23.0 Å². The molecule has 4 nitrogen and oxygen atoms in total. The highest BCUT2D eigenvalue weighted by Gasteiger charge is 2.33. The van der Waals surface area contributed by atoms with E-state index in [0.717, 1.165) is 6.07 Å². The minimum absolute atomic E-state index is 0.0101. The lowest BCUT2D eigenvalue weighted by molar-refractivity contribution is -0.138. The van der Waals surface area contributed by atoms with E-state index in [0.29, 0.717) is 11.0 Å². The third-order valence-corrected chi connectivity index (χ3v) is 2.96. The second-order valence-electron chi connectivity index (χ2n) is 4.27. The van der Waals surface area contributed by atoms with Gasteiger partial charge in [-0.25, -0.2) is 4.68 Å². The molecule has 0 fully saturated rings. The third-order valence-electron chi connectivity index (χ3n) is 2.96. The van der Waals surface area contributed by atoms with Crippen molar-refractivity contribution in [1.82, 2.24) is 20.0 Å². The number of alkyl halides is 3. The maximum atomic E-state index is 12.9. The van der Waals surface area contributed by atoms with Gasteiger partial charge in [-0.05, 0) is 17.7 Å². The van der Waals surface area contributed by atoms with Crippen LogP contribution in [0.25, 0.3) is 11.0 Å². The largest absolute Gasteiger partial charge is 0.416 e. The summed E-state index contributed by atoms with van der Waals surface area (Å²) in [7, 11) is 0. The Kier molecular flexibility index (Phi) is 2.89. The monoisotopic (exact) mass is 278 g/mol. The molecule has 7 heteroatoms. The van der Waals surface area contributed by atoms with E-state index in [2.05, 4.69) is 15.3 Å². The van der Waals surface area contributed by atoms with Crippen molar-refractivity contribution in [3.8, 4) is 0 Å². The average molecular weight is 278 g/mol. The maximum absolute atomic E-state index is 12.9. The van der Waals surface area contributed by atoms with Crippen LogP contribution < -0.4 is 0 Å². The van der Waals surface area contributed by atoms with Gasteiger partial charge in [-0.15, -0.1) is 5.10 Å². The number of fused-ring (bicyclic) bond motifs is 1. The molecule has 0 aliphatic heterocycles. The predicted molar refractivity (Wildman–Crippen MR) is 65.9 cm³/mol. The van der Waals surface area contributed by atoms with E-state index in [-0.39, 0.29) is 12.1 Å². The number of nitrogens with zero attached hydrogens (tertiary/aromatic N) is 4. The zero-order chi connectivity index (χ0) is 14.2. The molecule has 0 saturated carbocycles. The highest BCUT2D eigenvalue weighted by atomic mass is 19.4. The van der Waals surface area contributed by atoms with Gasteiger partial charge < -0.3 is 0 Å². The second kappa shape index (κ2) is 4.59. The minimum atomic E-state index is -4.38. The molecule has 2 heterocycles. The molecule has 20 heavy (non-hydrogen) atoms. The first kappa shape index (κ1) is 12.6. The summed E-state index contributed by atoms with van der Waals surface area (Å²) >= 11 is 0. The molecule has 0 amide bonds. The van der Waals surface area contributed by atoms with Crippen molar-refractivity contribution in [2.24, 2.45) is 0 Å². The van der Waals surface area contributed by atoms with Crippen LogP contribution in [-0.4, -0.2) is 20.0 Å². The Balaban J connectivity index is 2.04. The Labute approximate surface area is 111 Å². The fraction of sp³-hybridized carbons (Fsp3) is 0.154. The van der Waals surface area contributed by atoms with Crippen LogP contribution in [0.4, 0.5) is 13.2 Å². The van der Waals surface area contributed by atoms with Gasteiger partial charge in [0.25, 0.3) is 0 Å². The first-order valence-corrected chi connectivity index (χ1v) is 5.84. The number of halogens is 3. The zero-order valence-electron chi connectivity index (χ0n) is 10.2. The first-order chi connectivity index (χ1) is 9.55. The fourth-order valence-corrected chi connectivity index (χ4v) is 2.04. The molecule has 3 aromatic rings.